The summed E-state index contributed by atoms with van der Waals surface area (Å²) in [5, 5.41) is 7.74. The molecule has 0 aliphatic heterocycles. The number of fused-ring (bicyclic) bond motifs is 11. The van der Waals surface area contributed by atoms with Crippen molar-refractivity contribution in [2.75, 3.05) is 4.90 Å². The van der Waals surface area contributed by atoms with E-state index >= 15 is 0 Å². The van der Waals surface area contributed by atoms with Crippen LogP contribution < -0.4 is 4.90 Å². The van der Waals surface area contributed by atoms with E-state index in [2.05, 4.69) is 217 Å². The molecule has 0 bridgehead atoms. The van der Waals surface area contributed by atoms with Gasteiger partial charge in [0.2, 0.25) is 0 Å². The lowest BCUT2D eigenvalue weighted by Crippen LogP contribution is -2.15. The first-order chi connectivity index (χ1) is 28.5. The molecule has 0 radical (unpaired) electrons. The van der Waals surface area contributed by atoms with E-state index in [0.29, 0.717) is 0 Å². The second-order valence-corrected chi connectivity index (χ2v) is 17.2. The van der Waals surface area contributed by atoms with Crippen LogP contribution in [0.1, 0.15) is 25.0 Å². The van der Waals surface area contributed by atoms with Crippen molar-refractivity contribution >= 4 is 81.1 Å². The molecule has 11 aromatic rings. The molecule has 1 aliphatic carbocycles. The first-order valence-corrected chi connectivity index (χ1v) is 20.9. The summed E-state index contributed by atoms with van der Waals surface area (Å²) in [7, 11) is 0. The minimum absolute atomic E-state index is 0.0991. The maximum absolute atomic E-state index is 2.47. The molecule has 0 spiro atoms. The van der Waals surface area contributed by atoms with Gasteiger partial charge in [-0.1, -0.05) is 129 Å². The van der Waals surface area contributed by atoms with Gasteiger partial charge in [0.1, 0.15) is 0 Å². The van der Waals surface area contributed by atoms with Crippen LogP contribution in [0.3, 0.4) is 0 Å². The smallest absolute Gasteiger partial charge is 0.0547 e. The van der Waals surface area contributed by atoms with Crippen molar-refractivity contribution in [3.63, 3.8) is 0 Å². The normalized spacial score (nSPS) is 13.1. The molecule has 2 aromatic heterocycles. The summed E-state index contributed by atoms with van der Waals surface area (Å²) in [5.41, 5.74) is 14.8. The van der Waals surface area contributed by atoms with Crippen molar-refractivity contribution in [3.05, 3.63) is 205 Å². The van der Waals surface area contributed by atoms with Crippen LogP contribution >= 0.6 is 11.3 Å². The number of nitrogens with zero attached hydrogens (tertiary/aromatic N) is 2. The second-order valence-electron chi connectivity index (χ2n) is 16.2. The Labute approximate surface area is 341 Å². The van der Waals surface area contributed by atoms with E-state index in [-0.39, 0.29) is 5.41 Å². The summed E-state index contributed by atoms with van der Waals surface area (Å²) in [5.74, 6) is 0. The Balaban J connectivity index is 1.04. The molecule has 274 valence electrons. The topological polar surface area (TPSA) is 8.17 Å². The standard InChI is InChI=1S/C55H38N2S/c1-55(2)49-22-11-9-20-42(49)45-27-24-37-32-48-47-31-36(25-29-50(47)57(39-17-7-4-8-18-39)51(48)34-46(37)54(45)55)35-14-13-19-40(30-35)56(38-15-5-3-6-16-38)41-26-28-44-43-21-10-12-23-52(43)58-53(44)33-41/h3-34H,1-2H3. The van der Waals surface area contributed by atoms with Gasteiger partial charge in [0, 0.05) is 59.1 Å². The van der Waals surface area contributed by atoms with Crippen LogP contribution in [0, 0.1) is 0 Å². The molecule has 9 aromatic carbocycles. The highest BCUT2D eigenvalue weighted by molar-refractivity contribution is 7.25. The number of aromatic nitrogens is 1. The van der Waals surface area contributed by atoms with Gasteiger partial charge in [-0.25, -0.2) is 0 Å². The monoisotopic (exact) mass is 758 g/mol. The third-order valence-corrected chi connectivity index (χ3v) is 13.6. The summed E-state index contributed by atoms with van der Waals surface area (Å²) < 4.78 is 5.07. The Morgan fingerprint density at radius 2 is 1.14 bits per heavy atom. The Hall–Kier alpha value is -6.94. The van der Waals surface area contributed by atoms with E-state index in [0.717, 1.165) is 17.1 Å². The van der Waals surface area contributed by atoms with Crippen LogP contribution in [0.15, 0.2) is 194 Å². The zero-order chi connectivity index (χ0) is 38.5. The molecule has 12 rings (SSSR count). The van der Waals surface area contributed by atoms with Crippen molar-refractivity contribution in [1.29, 1.82) is 0 Å². The number of benzene rings is 9. The number of rotatable bonds is 5. The van der Waals surface area contributed by atoms with Crippen LogP contribution in [-0.4, -0.2) is 4.57 Å². The predicted molar refractivity (Wildman–Crippen MR) is 249 cm³/mol. The fourth-order valence-electron chi connectivity index (χ4n) is 9.87. The maximum Gasteiger partial charge on any atom is 0.0547 e. The summed E-state index contributed by atoms with van der Waals surface area (Å²) >= 11 is 1.86. The Morgan fingerprint density at radius 1 is 0.431 bits per heavy atom. The van der Waals surface area contributed by atoms with Crippen LogP contribution in [0.25, 0.3) is 80.7 Å². The molecule has 2 heterocycles. The molecule has 0 N–H and O–H groups in total. The molecule has 1 aliphatic rings. The lowest BCUT2D eigenvalue weighted by molar-refractivity contribution is 0.666. The Kier molecular flexibility index (Phi) is 7.18. The van der Waals surface area contributed by atoms with Crippen LogP contribution in [0.5, 0.6) is 0 Å². The molecule has 58 heavy (non-hydrogen) atoms. The van der Waals surface area contributed by atoms with Gasteiger partial charge in [-0.2, -0.15) is 0 Å². The highest BCUT2D eigenvalue weighted by atomic mass is 32.1. The van der Waals surface area contributed by atoms with Crippen molar-refractivity contribution in [2.45, 2.75) is 19.3 Å². The molecule has 0 unspecified atom stereocenters. The van der Waals surface area contributed by atoms with Crippen molar-refractivity contribution < 1.29 is 0 Å². The Bertz CT molecular complexity index is 3430. The average Bonchev–Trinajstić information content (AvgIpc) is 3.88. The highest BCUT2D eigenvalue weighted by Crippen LogP contribution is 2.52. The van der Waals surface area contributed by atoms with E-state index in [9.17, 15) is 0 Å². The van der Waals surface area contributed by atoms with Gasteiger partial charge >= 0.3 is 0 Å². The lowest BCUT2D eigenvalue weighted by atomic mass is 9.80. The third kappa shape index (κ3) is 4.90. The van der Waals surface area contributed by atoms with Crippen LogP contribution in [-0.2, 0) is 5.41 Å². The van der Waals surface area contributed by atoms with Crippen LogP contribution in [0.2, 0.25) is 0 Å². The van der Waals surface area contributed by atoms with Gasteiger partial charge in [-0.3, -0.25) is 0 Å². The number of para-hydroxylation sites is 2. The van der Waals surface area contributed by atoms with Crippen molar-refractivity contribution in [2.24, 2.45) is 0 Å². The Morgan fingerprint density at radius 3 is 2.02 bits per heavy atom. The lowest BCUT2D eigenvalue weighted by Gasteiger charge is -2.26. The fourth-order valence-corrected chi connectivity index (χ4v) is 11.0. The maximum atomic E-state index is 2.47. The number of anilines is 3. The predicted octanol–water partition coefficient (Wildman–Crippen LogP) is 15.7. The van der Waals surface area contributed by atoms with Crippen molar-refractivity contribution in [1.82, 2.24) is 4.57 Å². The molecule has 3 heteroatoms. The molecule has 0 fully saturated rings. The molecular weight excluding hydrogens is 721 g/mol. The van der Waals surface area contributed by atoms with E-state index in [4.69, 9.17) is 0 Å². The quantitative estimate of drug-likeness (QED) is 0.170. The zero-order valence-corrected chi connectivity index (χ0v) is 33.1. The molecule has 0 atom stereocenters. The summed E-state index contributed by atoms with van der Waals surface area (Å²) in [6, 6.07) is 71.8. The highest BCUT2D eigenvalue weighted by Gasteiger charge is 2.36. The number of hydrogen-bond acceptors (Lipinski definition) is 2. The number of hydrogen-bond donors (Lipinski definition) is 0. The van der Waals surface area contributed by atoms with Gasteiger partial charge in [-0.15, -0.1) is 11.3 Å². The summed E-state index contributed by atoms with van der Waals surface area (Å²) in [6.07, 6.45) is 0. The third-order valence-electron chi connectivity index (χ3n) is 12.5. The number of thiophene rings is 1. The second kappa shape index (κ2) is 12.5. The van der Waals surface area contributed by atoms with Gasteiger partial charge in [0.25, 0.3) is 0 Å². The minimum Gasteiger partial charge on any atom is -0.310 e. The minimum atomic E-state index is -0.0991. The SMILES string of the molecule is CC1(C)c2ccccc2-c2ccc3cc4c5cc(-c6cccc(N(c7ccccc7)c7ccc8c(c7)sc7ccccc78)c6)ccc5n(-c5ccccc5)c4cc3c21. The molecule has 2 nitrogen and oxygen atoms in total. The molecule has 0 saturated heterocycles. The van der Waals surface area contributed by atoms with Gasteiger partial charge in [0.05, 0.1) is 11.0 Å². The largest absolute Gasteiger partial charge is 0.310 e. The van der Waals surface area contributed by atoms with E-state index in [1.54, 1.807) is 0 Å². The van der Waals surface area contributed by atoms with Gasteiger partial charge in [0.15, 0.2) is 0 Å². The zero-order valence-electron chi connectivity index (χ0n) is 32.3. The molecule has 0 saturated carbocycles. The van der Waals surface area contributed by atoms with E-state index in [1.807, 2.05) is 11.3 Å². The van der Waals surface area contributed by atoms with Gasteiger partial charge < -0.3 is 9.47 Å². The van der Waals surface area contributed by atoms with E-state index < -0.39 is 0 Å². The average molecular weight is 759 g/mol. The van der Waals surface area contributed by atoms with E-state index in [1.165, 1.54) is 91.8 Å². The van der Waals surface area contributed by atoms with Crippen molar-refractivity contribution in [3.8, 4) is 27.9 Å². The summed E-state index contributed by atoms with van der Waals surface area (Å²) in [4.78, 5) is 2.39. The molecular formula is C55H38N2S. The van der Waals surface area contributed by atoms with Gasteiger partial charge in [-0.05, 0) is 123 Å². The first-order valence-electron chi connectivity index (χ1n) is 20.1. The summed E-state index contributed by atoms with van der Waals surface area (Å²) in [6.45, 7) is 4.77. The fraction of sp³-hybridized carbons (Fsp3) is 0.0545. The molecule has 0 amide bonds. The first kappa shape index (κ1) is 33.2. The van der Waals surface area contributed by atoms with Crippen LogP contribution in [0.4, 0.5) is 17.1 Å².